The molecule has 3 rings (SSSR count). The highest BCUT2D eigenvalue weighted by atomic mass is 79.9. The molecule has 0 radical (unpaired) electrons. The molecule has 0 bridgehead atoms. The number of imide groups is 1. The van der Waals surface area contributed by atoms with E-state index in [1.54, 1.807) is 42.5 Å². The maximum absolute atomic E-state index is 12.7. The molecule has 28 heavy (non-hydrogen) atoms. The molecule has 0 N–H and O–H groups in total. The summed E-state index contributed by atoms with van der Waals surface area (Å²) in [4.78, 5) is 26.5. The van der Waals surface area contributed by atoms with Gasteiger partial charge in [-0.3, -0.25) is 9.59 Å². The van der Waals surface area contributed by atoms with Crippen LogP contribution < -0.4 is 14.4 Å². The molecule has 0 aromatic heterocycles. The lowest BCUT2D eigenvalue weighted by Crippen LogP contribution is -2.27. The molecule has 2 aromatic rings. The number of hydrogen-bond donors (Lipinski definition) is 0. The molecule has 0 unspecified atom stereocenters. The Bertz CT molecular complexity index is 1010. The number of carbonyl (C=O) groups excluding carboxylic acids is 2. The predicted octanol–water partition coefficient (Wildman–Crippen LogP) is 5.36. The lowest BCUT2D eigenvalue weighted by atomic mass is 10.1. The molecule has 0 atom stereocenters. The van der Waals surface area contributed by atoms with Crippen LogP contribution in [0.3, 0.4) is 0 Å². The van der Waals surface area contributed by atoms with Crippen LogP contribution in [0.5, 0.6) is 11.5 Å². The molecule has 1 fully saturated rings. The summed E-state index contributed by atoms with van der Waals surface area (Å²) in [6.07, 6.45) is 6.85. The van der Waals surface area contributed by atoms with Crippen LogP contribution in [0.25, 0.3) is 6.08 Å². The van der Waals surface area contributed by atoms with Crippen molar-refractivity contribution >= 4 is 62.2 Å². The van der Waals surface area contributed by atoms with Crippen LogP contribution in [0.15, 0.2) is 45.8 Å². The summed E-state index contributed by atoms with van der Waals surface area (Å²) in [6, 6.07) is 9.96. The minimum atomic E-state index is -0.403. The molecule has 1 saturated heterocycles. The smallest absolute Gasteiger partial charge is 0.298 e. The third-order valence-corrected chi connectivity index (χ3v) is 5.44. The third kappa shape index (κ3) is 4.20. The summed E-state index contributed by atoms with van der Waals surface area (Å²) < 4.78 is 11.4. The SMILES string of the molecule is C#CCOc1c(Br)cc(C=C2SC(=O)N(c3ccc(Cl)cc3)C2=O)cc1OC. The Morgan fingerprint density at radius 2 is 2.00 bits per heavy atom. The zero-order chi connectivity index (χ0) is 20.3. The van der Waals surface area contributed by atoms with E-state index in [9.17, 15) is 9.59 Å². The first kappa shape index (κ1) is 20.3. The van der Waals surface area contributed by atoms with E-state index in [1.807, 2.05) is 0 Å². The highest BCUT2D eigenvalue weighted by molar-refractivity contribution is 9.10. The number of ether oxygens (including phenoxy) is 2. The van der Waals surface area contributed by atoms with Crippen LogP contribution in [0.4, 0.5) is 10.5 Å². The van der Waals surface area contributed by atoms with Crippen molar-refractivity contribution in [3.05, 3.63) is 56.4 Å². The highest BCUT2D eigenvalue weighted by Gasteiger charge is 2.36. The second kappa shape index (κ2) is 8.74. The average Bonchev–Trinajstić information content (AvgIpc) is 2.94. The number of hydrogen-bond acceptors (Lipinski definition) is 5. The molecule has 5 nitrogen and oxygen atoms in total. The molecule has 2 aromatic carbocycles. The number of amides is 2. The second-order valence-corrected chi connectivity index (χ2v) is 7.80. The van der Waals surface area contributed by atoms with Gasteiger partial charge in [-0.05, 0) is 75.7 Å². The van der Waals surface area contributed by atoms with E-state index in [-0.39, 0.29) is 11.8 Å². The van der Waals surface area contributed by atoms with Crippen LogP contribution in [0.2, 0.25) is 5.02 Å². The number of anilines is 1. The molecule has 1 aliphatic rings. The fourth-order valence-electron chi connectivity index (χ4n) is 2.51. The first-order valence-electron chi connectivity index (χ1n) is 7.92. The first-order chi connectivity index (χ1) is 13.4. The van der Waals surface area contributed by atoms with Gasteiger partial charge in [0.1, 0.15) is 6.61 Å². The number of halogens is 2. The Hall–Kier alpha value is -2.40. The number of benzene rings is 2. The Balaban J connectivity index is 1.92. The van der Waals surface area contributed by atoms with Gasteiger partial charge in [-0.25, -0.2) is 4.90 Å². The topological polar surface area (TPSA) is 55.8 Å². The van der Waals surface area contributed by atoms with E-state index < -0.39 is 5.91 Å². The number of methoxy groups -OCH3 is 1. The summed E-state index contributed by atoms with van der Waals surface area (Å²) in [7, 11) is 1.50. The molecule has 8 heteroatoms. The fraction of sp³-hybridized carbons (Fsp3) is 0.100. The van der Waals surface area contributed by atoms with Gasteiger partial charge < -0.3 is 9.47 Å². The zero-order valence-corrected chi connectivity index (χ0v) is 17.7. The second-order valence-electron chi connectivity index (χ2n) is 5.52. The van der Waals surface area contributed by atoms with Crippen LogP contribution in [-0.2, 0) is 4.79 Å². The normalized spacial score (nSPS) is 15.1. The lowest BCUT2D eigenvalue weighted by Gasteiger charge is -2.13. The van der Waals surface area contributed by atoms with E-state index in [0.717, 1.165) is 16.7 Å². The molecule has 1 aliphatic heterocycles. The third-order valence-electron chi connectivity index (χ3n) is 3.73. The fourth-order valence-corrected chi connectivity index (χ4v) is 4.05. The van der Waals surface area contributed by atoms with Gasteiger partial charge in [-0.15, -0.1) is 6.42 Å². The number of rotatable bonds is 5. The molecule has 0 saturated carbocycles. The summed E-state index contributed by atoms with van der Waals surface area (Å²) in [6.45, 7) is 0.0916. The van der Waals surface area contributed by atoms with Crippen LogP contribution >= 0.6 is 39.3 Å². The van der Waals surface area contributed by atoms with Gasteiger partial charge in [0.25, 0.3) is 11.1 Å². The molecule has 0 spiro atoms. The number of thioether (sulfide) groups is 1. The van der Waals surface area contributed by atoms with Gasteiger partial charge in [-0.2, -0.15) is 0 Å². The van der Waals surface area contributed by atoms with Gasteiger partial charge in [0, 0.05) is 5.02 Å². The van der Waals surface area contributed by atoms with Crippen LogP contribution in [0.1, 0.15) is 5.56 Å². The largest absolute Gasteiger partial charge is 0.493 e. The minimum Gasteiger partial charge on any atom is -0.493 e. The average molecular weight is 479 g/mol. The Kier molecular flexibility index (Phi) is 6.35. The van der Waals surface area contributed by atoms with Crippen LogP contribution in [0, 0.1) is 12.3 Å². The molecular weight excluding hydrogens is 466 g/mol. The van der Waals surface area contributed by atoms with Crippen molar-refractivity contribution in [1.82, 2.24) is 0 Å². The minimum absolute atomic E-state index is 0.0916. The molecule has 2 amide bonds. The van der Waals surface area contributed by atoms with E-state index in [0.29, 0.717) is 37.2 Å². The van der Waals surface area contributed by atoms with Gasteiger partial charge >= 0.3 is 0 Å². The predicted molar refractivity (Wildman–Crippen MR) is 115 cm³/mol. The lowest BCUT2D eigenvalue weighted by molar-refractivity contribution is -0.113. The van der Waals surface area contributed by atoms with Gasteiger partial charge in [0.15, 0.2) is 11.5 Å². The quantitative estimate of drug-likeness (QED) is 0.427. The van der Waals surface area contributed by atoms with Crippen LogP contribution in [-0.4, -0.2) is 24.9 Å². The first-order valence-corrected chi connectivity index (χ1v) is 9.90. The van der Waals surface area contributed by atoms with Gasteiger partial charge in [-0.1, -0.05) is 17.5 Å². The maximum Gasteiger partial charge on any atom is 0.298 e. The summed E-state index contributed by atoms with van der Waals surface area (Å²) in [5.41, 5.74) is 1.13. The van der Waals surface area contributed by atoms with Crippen molar-refractivity contribution in [1.29, 1.82) is 0 Å². The zero-order valence-electron chi connectivity index (χ0n) is 14.6. The number of terminal acetylenes is 1. The molecule has 142 valence electrons. The van der Waals surface area contributed by atoms with Crippen molar-refractivity contribution in [2.24, 2.45) is 0 Å². The summed E-state index contributed by atoms with van der Waals surface area (Å²) >= 11 is 10.2. The van der Waals surface area contributed by atoms with E-state index in [2.05, 4.69) is 21.9 Å². The molecule has 0 aliphatic carbocycles. The van der Waals surface area contributed by atoms with E-state index in [1.165, 1.54) is 7.11 Å². The molecular formula is C20H13BrClNO4S. The van der Waals surface area contributed by atoms with Crippen molar-refractivity contribution in [2.75, 3.05) is 18.6 Å². The van der Waals surface area contributed by atoms with Gasteiger partial charge in [0.2, 0.25) is 0 Å². The summed E-state index contributed by atoms with van der Waals surface area (Å²) in [5, 5.41) is 0.147. The van der Waals surface area contributed by atoms with Crippen molar-refractivity contribution in [3.63, 3.8) is 0 Å². The van der Waals surface area contributed by atoms with E-state index in [4.69, 9.17) is 27.5 Å². The number of nitrogens with zero attached hydrogens (tertiary/aromatic N) is 1. The standard InChI is InChI=1S/C20H13BrClNO4S/c1-3-8-27-18-15(21)9-12(10-16(18)26-2)11-17-19(24)23(20(25)28-17)14-6-4-13(22)5-7-14/h1,4-7,9-11H,8H2,2H3. The monoisotopic (exact) mass is 477 g/mol. The van der Waals surface area contributed by atoms with Crippen molar-refractivity contribution < 1.29 is 19.1 Å². The number of carbonyl (C=O) groups is 2. The molecule has 1 heterocycles. The Morgan fingerprint density at radius 3 is 2.64 bits per heavy atom. The maximum atomic E-state index is 12.7. The van der Waals surface area contributed by atoms with Crippen molar-refractivity contribution in [2.45, 2.75) is 0 Å². The van der Waals surface area contributed by atoms with Crippen molar-refractivity contribution in [3.8, 4) is 23.8 Å². The van der Waals surface area contributed by atoms with Gasteiger partial charge in [0.05, 0.1) is 22.2 Å². The summed E-state index contributed by atoms with van der Waals surface area (Å²) in [5.74, 6) is 2.91. The Labute approximate surface area is 179 Å². The van der Waals surface area contributed by atoms with E-state index >= 15 is 0 Å². The highest BCUT2D eigenvalue weighted by Crippen LogP contribution is 2.40. The Morgan fingerprint density at radius 1 is 1.29 bits per heavy atom.